The number of hydrogen-bond acceptors (Lipinski definition) is 6. The lowest BCUT2D eigenvalue weighted by Gasteiger charge is -2.25. The monoisotopic (exact) mass is 451 g/mol. The van der Waals surface area contributed by atoms with E-state index < -0.39 is 5.92 Å². The van der Waals surface area contributed by atoms with Crippen LogP contribution in [0.1, 0.15) is 24.0 Å². The molecule has 1 atom stereocenters. The van der Waals surface area contributed by atoms with Crippen molar-refractivity contribution in [3.63, 3.8) is 0 Å². The number of morpholine rings is 1. The van der Waals surface area contributed by atoms with Crippen molar-refractivity contribution >= 4 is 28.9 Å². The molecule has 1 unspecified atom stereocenters. The number of rotatable bonds is 6. The van der Waals surface area contributed by atoms with Gasteiger partial charge in [-0.1, -0.05) is 18.7 Å². The number of carbonyl (C=O) groups is 2. The van der Waals surface area contributed by atoms with Crippen molar-refractivity contribution in [1.29, 1.82) is 0 Å². The molecule has 2 amide bonds. The Balaban J connectivity index is 1.43. The molecule has 1 fully saturated rings. The first kappa shape index (κ1) is 22.6. The highest BCUT2D eigenvalue weighted by atomic mass is 19.1. The zero-order valence-electron chi connectivity index (χ0n) is 18.4. The Morgan fingerprint density at radius 1 is 1.21 bits per heavy atom. The number of hydrazone groups is 1. The first-order valence-electron chi connectivity index (χ1n) is 10.7. The van der Waals surface area contributed by atoms with E-state index in [4.69, 9.17) is 4.74 Å². The summed E-state index contributed by atoms with van der Waals surface area (Å²) in [7, 11) is 0. The summed E-state index contributed by atoms with van der Waals surface area (Å²) in [5, 5.41) is 10.3. The van der Waals surface area contributed by atoms with E-state index >= 15 is 0 Å². The molecular formula is C24H26FN5O3. The smallest absolute Gasteiger partial charge is 0.247 e. The molecule has 2 heterocycles. The SMILES string of the molecule is C=C1Nc2ccc(NC(=O)CN3CCOCC3)cc2/C1=N/NC(=O)C(C)c1ccc(F)cc1. The molecule has 0 aliphatic carbocycles. The van der Waals surface area contributed by atoms with Gasteiger partial charge < -0.3 is 15.4 Å². The van der Waals surface area contributed by atoms with Gasteiger partial charge in [-0.3, -0.25) is 14.5 Å². The molecule has 8 nitrogen and oxygen atoms in total. The molecule has 0 spiro atoms. The van der Waals surface area contributed by atoms with Crippen LogP contribution in [0.2, 0.25) is 0 Å². The van der Waals surface area contributed by atoms with E-state index in [0.717, 1.165) is 24.3 Å². The van der Waals surface area contributed by atoms with Gasteiger partial charge in [-0.15, -0.1) is 0 Å². The molecule has 0 radical (unpaired) electrons. The van der Waals surface area contributed by atoms with Crippen LogP contribution in [-0.2, 0) is 14.3 Å². The maximum absolute atomic E-state index is 13.1. The summed E-state index contributed by atoms with van der Waals surface area (Å²) in [4.78, 5) is 27.0. The van der Waals surface area contributed by atoms with Crippen molar-refractivity contribution < 1.29 is 18.7 Å². The Kier molecular flexibility index (Phi) is 6.81. The Bertz CT molecular complexity index is 1090. The summed E-state index contributed by atoms with van der Waals surface area (Å²) >= 11 is 0. The molecule has 2 aromatic carbocycles. The molecule has 0 saturated carbocycles. The minimum atomic E-state index is -0.511. The topological polar surface area (TPSA) is 95.1 Å². The Labute approximate surface area is 191 Å². The number of nitrogens with zero attached hydrogens (tertiary/aromatic N) is 2. The number of amides is 2. The van der Waals surface area contributed by atoms with Crippen LogP contribution in [0.25, 0.3) is 0 Å². The van der Waals surface area contributed by atoms with Gasteiger partial charge in [-0.2, -0.15) is 5.10 Å². The average molecular weight is 452 g/mol. The Hall–Kier alpha value is -3.56. The quantitative estimate of drug-likeness (QED) is 0.587. The largest absolute Gasteiger partial charge is 0.379 e. The lowest BCUT2D eigenvalue weighted by molar-refractivity contribution is -0.122. The molecule has 9 heteroatoms. The van der Waals surface area contributed by atoms with E-state index in [1.54, 1.807) is 31.2 Å². The van der Waals surface area contributed by atoms with Gasteiger partial charge in [0.25, 0.3) is 0 Å². The number of fused-ring (bicyclic) bond motifs is 1. The van der Waals surface area contributed by atoms with E-state index in [2.05, 4.69) is 27.7 Å². The zero-order valence-corrected chi connectivity index (χ0v) is 18.4. The molecule has 0 aromatic heterocycles. The third kappa shape index (κ3) is 5.44. The van der Waals surface area contributed by atoms with Crippen LogP contribution >= 0.6 is 0 Å². The number of ether oxygens (including phenoxy) is 1. The summed E-state index contributed by atoms with van der Waals surface area (Å²) in [6.07, 6.45) is 0. The highest BCUT2D eigenvalue weighted by molar-refractivity contribution is 6.22. The van der Waals surface area contributed by atoms with Crippen molar-refractivity contribution in [1.82, 2.24) is 10.3 Å². The summed E-state index contributed by atoms with van der Waals surface area (Å²) in [5.74, 6) is -1.31. The number of allylic oxidation sites excluding steroid dienone is 1. The number of hydrogen-bond donors (Lipinski definition) is 3. The molecule has 0 bridgehead atoms. The summed E-state index contributed by atoms with van der Waals surface area (Å²) in [6, 6.07) is 11.2. The van der Waals surface area contributed by atoms with E-state index in [-0.39, 0.29) is 17.6 Å². The molecule has 2 aliphatic rings. The summed E-state index contributed by atoms with van der Waals surface area (Å²) in [5.41, 5.74) is 6.41. The van der Waals surface area contributed by atoms with Gasteiger partial charge in [-0.05, 0) is 42.8 Å². The van der Waals surface area contributed by atoms with Crippen LogP contribution in [0.15, 0.2) is 59.8 Å². The van der Waals surface area contributed by atoms with Crippen molar-refractivity contribution in [3.8, 4) is 0 Å². The third-order valence-electron chi connectivity index (χ3n) is 5.64. The molecule has 2 aliphatic heterocycles. The van der Waals surface area contributed by atoms with Crippen LogP contribution in [0.3, 0.4) is 0 Å². The second-order valence-electron chi connectivity index (χ2n) is 8.01. The normalized spacial score (nSPS) is 17.9. The Morgan fingerprint density at radius 3 is 2.67 bits per heavy atom. The molecule has 4 rings (SSSR count). The van der Waals surface area contributed by atoms with Crippen LogP contribution < -0.4 is 16.1 Å². The van der Waals surface area contributed by atoms with E-state index in [9.17, 15) is 14.0 Å². The number of benzene rings is 2. The van der Waals surface area contributed by atoms with E-state index in [1.807, 2.05) is 11.0 Å². The van der Waals surface area contributed by atoms with Gasteiger partial charge in [0, 0.05) is 30.0 Å². The fourth-order valence-electron chi connectivity index (χ4n) is 3.71. The van der Waals surface area contributed by atoms with E-state index in [0.29, 0.717) is 42.4 Å². The molecule has 2 aromatic rings. The second-order valence-corrected chi connectivity index (χ2v) is 8.01. The van der Waals surface area contributed by atoms with Crippen LogP contribution in [-0.4, -0.2) is 55.3 Å². The van der Waals surface area contributed by atoms with Gasteiger partial charge in [0.2, 0.25) is 11.8 Å². The van der Waals surface area contributed by atoms with Gasteiger partial charge in [0.1, 0.15) is 11.5 Å². The first-order chi connectivity index (χ1) is 15.9. The lowest BCUT2D eigenvalue weighted by atomic mass is 10.0. The molecular weight excluding hydrogens is 425 g/mol. The van der Waals surface area contributed by atoms with Crippen LogP contribution in [0, 0.1) is 5.82 Å². The van der Waals surface area contributed by atoms with Crippen molar-refractivity contribution in [2.45, 2.75) is 12.8 Å². The highest BCUT2D eigenvalue weighted by Gasteiger charge is 2.23. The molecule has 172 valence electrons. The zero-order chi connectivity index (χ0) is 23.4. The van der Waals surface area contributed by atoms with Crippen LogP contribution in [0.4, 0.5) is 15.8 Å². The molecule has 3 N–H and O–H groups in total. The van der Waals surface area contributed by atoms with Crippen molar-refractivity contribution in [2.24, 2.45) is 5.10 Å². The average Bonchev–Trinajstić information content (AvgIpc) is 3.12. The first-order valence-corrected chi connectivity index (χ1v) is 10.7. The predicted octanol–water partition coefficient (Wildman–Crippen LogP) is 2.66. The van der Waals surface area contributed by atoms with Gasteiger partial charge in [0.15, 0.2) is 0 Å². The molecule has 33 heavy (non-hydrogen) atoms. The standard InChI is InChI=1S/C24H26FN5O3/c1-15(17-3-5-18(25)6-4-17)24(32)29-28-23-16(2)26-21-8-7-19(13-20(21)23)27-22(31)14-30-9-11-33-12-10-30/h3-8,13,15,26H,2,9-12,14H2,1H3,(H,27,31)(H,29,32)/b28-23+. The number of carbonyl (C=O) groups excluding carboxylic acids is 2. The van der Waals surface area contributed by atoms with Gasteiger partial charge in [0.05, 0.1) is 31.4 Å². The maximum atomic E-state index is 13.1. The Morgan fingerprint density at radius 2 is 1.94 bits per heavy atom. The highest BCUT2D eigenvalue weighted by Crippen LogP contribution is 2.30. The predicted molar refractivity (Wildman–Crippen MR) is 125 cm³/mol. The lowest BCUT2D eigenvalue weighted by Crippen LogP contribution is -2.41. The number of halogens is 1. The van der Waals surface area contributed by atoms with Crippen molar-refractivity contribution in [3.05, 3.63) is 71.7 Å². The van der Waals surface area contributed by atoms with Crippen LogP contribution in [0.5, 0.6) is 0 Å². The summed E-state index contributed by atoms with van der Waals surface area (Å²) < 4.78 is 18.5. The number of anilines is 2. The summed E-state index contributed by atoms with van der Waals surface area (Å²) in [6.45, 7) is 8.71. The molecule has 1 saturated heterocycles. The minimum absolute atomic E-state index is 0.110. The maximum Gasteiger partial charge on any atom is 0.247 e. The minimum Gasteiger partial charge on any atom is -0.379 e. The third-order valence-corrected chi connectivity index (χ3v) is 5.64. The fourth-order valence-corrected chi connectivity index (χ4v) is 3.71. The van der Waals surface area contributed by atoms with Gasteiger partial charge >= 0.3 is 0 Å². The number of nitrogens with one attached hydrogen (secondary N) is 3. The second kappa shape index (κ2) is 9.93. The van der Waals surface area contributed by atoms with Crippen molar-refractivity contribution in [2.75, 3.05) is 43.5 Å². The fraction of sp³-hybridized carbons (Fsp3) is 0.292. The van der Waals surface area contributed by atoms with E-state index in [1.165, 1.54) is 12.1 Å². The van der Waals surface area contributed by atoms with Gasteiger partial charge in [-0.25, -0.2) is 9.82 Å².